The van der Waals surface area contributed by atoms with Crippen LogP contribution in [-0.4, -0.2) is 31.1 Å². The van der Waals surface area contributed by atoms with Gasteiger partial charge in [0.1, 0.15) is 21.3 Å². The van der Waals surface area contributed by atoms with E-state index in [0.717, 1.165) is 11.8 Å². The van der Waals surface area contributed by atoms with Crippen molar-refractivity contribution < 1.29 is 9.53 Å². The number of rotatable bonds is 5. The lowest BCUT2D eigenvalue weighted by atomic mass is 10.2. The van der Waals surface area contributed by atoms with E-state index in [4.69, 9.17) is 40.2 Å². The molecule has 3 heterocycles. The Morgan fingerprint density at radius 1 is 1.22 bits per heavy atom. The van der Waals surface area contributed by atoms with Gasteiger partial charge in [0.25, 0.3) is 11.5 Å². The number of aromatic nitrogens is 2. The number of ether oxygens (including phenoxy) is 1. The van der Waals surface area contributed by atoms with Gasteiger partial charge >= 0.3 is 0 Å². The summed E-state index contributed by atoms with van der Waals surface area (Å²) in [5.74, 6) is 0.308. The molecule has 1 aliphatic rings. The van der Waals surface area contributed by atoms with Crippen molar-refractivity contribution in [3.63, 3.8) is 0 Å². The largest absolute Gasteiger partial charge is 0.437 e. The Morgan fingerprint density at radius 2 is 2.00 bits per heavy atom. The maximum atomic E-state index is 13.3. The van der Waals surface area contributed by atoms with E-state index in [1.54, 1.807) is 41.4 Å². The van der Waals surface area contributed by atoms with Gasteiger partial charge in [-0.2, -0.15) is 4.98 Å². The molecule has 1 aliphatic heterocycles. The Labute approximate surface area is 203 Å². The fraction of sp³-hybridized carbons (Fsp3) is 0.182. The second kappa shape index (κ2) is 9.23. The zero-order chi connectivity index (χ0) is 23.0. The minimum atomic E-state index is -0.384. The SMILES string of the molecule is CC(C)CN1C(=O)/C(=C\c2c(Oc3ccc(Cl)cc3Cl)nc3ccccn3c2=O)SC1=S. The second-order valence-corrected chi connectivity index (χ2v) is 9.95. The maximum absolute atomic E-state index is 13.3. The minimum absolute atomic E-state index is 0.0274. The van der Waals surface area contributed by atoms with E-state index in [-0.39, 0.29) is 39.6 Å². The molecule has 2 aromatic heterocycles. The lowest BCUT2D eigenvalue weighted by Crippen LogP contribution is -2.31. The molecule has 6 nitrogen and oxygen atoms in total. The highest BCUT2D eigenvalue weighted by Crippen LogP contribution is 2.36. The smallest absolute Gasteiger partial charge is 0.269 e. The lowest BCUT2D eigenvalue weighted by Gasteiger charge is -2.16. The quantitative estimate of drug-likeness (QED) is 0.329. The van der Waals surface area contributed by atoms with E-state index in [9.17, 15) is 9.59 Å². The molecule has 0 atom stereocenters. The van der Waals surface area contributed by atoms with Crippen LogP contribution in [0.25, 0.3) is 11.7 Å². The molecule has 0 saturated carbocycles. The van der Waals surface area contributed by atoms with Crippen LogP contribution < -0.4 is 10.3 Å². The molecular weight excluding hydrogens is 489 g/mol. The van der Waals surface area contributed by atoms with Crippen LogP contribution in [0.5, 0.6) is 11.6 Å². The Balaban J connectivity index is 1.84. The van der Waals surface area contributed by atoms with E-state index in [1.165, 1.54) is 16.5 Å². The van der Waals surface area contributed by atoms with Crippen molar-refractivity contribution in [1.29, 1.82) is 0 Å². The van der Waals surface area contributed by atoms with Gasteiger partial charge in [0, 0.05) is 17.8 Å². The molecule has 0 aliphatic carbocycles. The first-order valence-corrected chi connectivity index (χ1v) is 11.6. The number of carbonyl (C=O) groups excluding carboxylic acids is 1. The molecular formula is C22H17Cl2N3O3S2. The van der Waals surface area contributed by atoms with E-state index in [0.29, 0.717) is 26.4 Å². The van der Waals surface area contributed by atoms with Crippen molar-refractivity contribution >= 4 is 69.1 Å². The van der Waals surface area contributed by atoms with E-state index in [2.05, 4.69) is 4.98 Å². The van der Waals surface area contributed by atoms with Gasteiger partial charge in [0.2, 0.25) is 5.88 Å². The zero-order valence-electron chi connectivity index (χ0n) is 17.0. The van der Waals surface area contributed by atoms with Crippen molar-refractivity contribution in [1.82, 2.24) is 14.3 Å². The molecule has 0 N–H and O–H groups in total. The van der Waals surface area contributed by atoms with Gasteiger partial charge in [-0.25, -0.2) is 0 Å². The van der Waals surface area contributed by atoms with E-state index < -0.39 is 0 Å². The molecule has 164 valence electrons. The molecule has 0 bridgehead atoms. The average Bonchev–Trinajstić information content (AvgIpc) is 3.00. The summed E-state index contributed by atoms with van der Waals surface area (Å²) in [7, 11) is 0. The van der Waals surface area contributed by atoms with Gasteiger partial charge in [0.05, 0.1) is 9.93 Å². The first-order valence-electron chi connectivity index (χ1n) is 9.64. The van der Waals surface area contributed by atoms with Crippen LogP contribution in [-0.2, 0) is 4.79 Å². The van der Waals surface area contributed by atoms with Gasteiger partial charge < -0.3 is 4.74 Å². The Morgan fingerprint density at radius 3 is 2.72 bits per heavy atom. The molecule has 0 spiro atoms. The van der Waals surface area contributed by atoms with E-state index >= 15 is 0 Å². The third-order valence-corrected chi connectivity index (χ3v) is 6.44. The number of hydrogen-bond donors (Lipinski definition) is 0. The molecule has 3 aromatic rings. The van der Waals surface area contributed by atoms with Crippen LogP contribution >= 0.6 is 47.2 Å². The summed E-state index contributed by atoms with van der Waals surface area (Å²) in [6.07, 6.45) is 3.08. The first-order chi connectivity index (χ1) is 15.2. The topological polar surface area (TPSA) is 63.9 Å². The van der Waals surface area contributed by atoms with Crippen molar-refractivity contribution in [2.24, 2.45) is 5.92 Å². The van der Waals surface area contributed by atoms with Crippen LogP contribution in [0, 0.1) is 5.92 Å². The van der Waals surface area contributed by atoms with Gasteiger partial charge in [-0.1, -0.05) is 67.1 Å². The van der Waals surface area contributed by atoms with Crippen molar-refractivity contribution in [3.05, 3.63) is 73.5 Å². The summed E-state index contributed by atoms with van der Waals surface area (Å²) in [5.41, 5.74) is 0.122. The average molecular weight is 506 g/mol. The van der Waals surface area contributed by atoms with Crippen molar-refractivity contribution in [2.75, 3.05) is 6.54 Å². The van der Waals surface area contributed by atoms with Gasteiger partial charge in [-0.05, 0) is 42.3 Å². The van der Waals surface area contributed by atoms with E-state index in [1.807, 2.05) is 13.8 Å². The predicted octanol–water partition coefficient (Wildman–Crippen LogP) is 5.65. The monoisotopic (exact) mass is 505 g/mol. The Bertz CT molecular complexity index is 1340. The number of pyridine rings is 1. The highest BCUT2D eigenvalue weighted by molar-refractivity contribution is 8.26. The van der Waals surface area contributed by atoms with Crippen LogP contribution in [0.2, 0.25) is 10.0 Å². The Kier molecular flexibility index (Phi) is 6.57. The number of thioether (sulfide) groups is 1. The normalized spacial score (nSPS) is 15.4. The maximum Gasteiger partial charge on any atom is 0.269 e. The fourth-order valence-corrected chi connectivity index (χ4v) is 4.80. The summed E-state index contributed by atoms with van der Waals surface area (Å²) < 4.78 is 7.76. The highest BCUT2D eigenvalue weighted by Gasteiger charge is 2.33. The van der Waals surface area contributed by atoms with Crippen LogP contribution in [0.3, 0.4) is 0 Å². The molecule has 1 aromatic carbocycles. The molecule has 1 saturated heterocycles. The number of thiocarbonyl (C=S) groups is 1. The van der Waals surface area contributed by atoms with Crippen LogP contribution in [0.4, 0.5) is 0 Å². The fourth-order valence-electron chi connectivity index (χ4n) is 3.10. The molecule has 32 heavy (non-hydrogen) atoms. The summed E-state index contributed by atoms with van der Waals surface area (Å²) in [6.45, 7) is 4.51. The van der Waals surface area contributed by atoms with Crippen LogP contribution in [0.1, 0.15) is 19.4 Å². The molecule has 1 amide bonds. The molecule has 4 rings (SSSR count). The predicted molar refractivity (Wildman–Crippen MR) is 133 cm³/mol. The number of nitrogens with zero attached hydrogens (tertiary/aromatic N) is 3. The number of fused-ring (bicyclic) bond motifs is 1. The summed E-state index contributed by atoms with van der Waals surface area (Å²) in [6, 6.07) is 9.90. The number of benzene rings is 1. The van der Waals surface area contributed by atoms with Gasteiger partial charge in [0.15, 0.2) is 0 Å². The third kappa shape index (κ3) is 4.54. The van der Waals surface area contributed by atoms with Gasteiger partial charge in [-0.15, -0.1) is 0 Å². The minimum Gasteiger partial charge on any atom is -0.437 e. The molecule has 0 radical (unpaired) electrons. The zero-order valence-corrected chi connectivity index (χ0v) is 20.2. The summed E-state index contributed by atoms with van der Waals surface area (Å²) in [4.78, 5) is 32.6. The first kappa shape index (κ1) is 22.8. The van der Waals surface area contributed by atoms with Gasteiger partial charge in [-0.3, -0.25) is 18.9 Å². The Hall–Kier alpha value is -2.39. The molecule has 10 heteroatoms. The molecule has 0 unspecified atom stereocenters. The highest BCUT2D eigenvalue weighted by atomic mass is 35.5. The van der Waals surface area contributed by atoms with Crippen LogP contribution in [0.15, 0.2) is 52.3 Å². The second-order valence-electron chi connectivity index (χ2n) is 7.43. The lowest BCUT2D eigenvalue weighted by molar-refractivity contribution is -0.122. The third-order valence-electron chi connectivity index (χ3n) is 4.53. The summed E-state index contributed by atoms with van der Waals surface area (Å²) >= 11 is 18.7. The standard InChI is InChI=1S/C22H17Cl2N3O3S2/c1-12(2)11-27-21(29)17(32-22(27)31)10-14-19(30-16-7-6-13(23)9-15(16)24)25-18-5-3-4-8-26(18)20(14)28/h3-10,12H,11H2,1-2H3/b17-10+. The number of halogens is 2. The summed E-state index contributed by atoms with van der Waals surface area (Å²) in [5, 5.41) is 0.713. The number of hydrogen-bond acceptors (Lipinski definition) is 6. The number of carbonyl (C=O) groups is 1. The molecule has 1 fully saturated rings. The number of amides is 1. The van der Waals surface area contributed by atoms with Crippen molar-refractivity contribution in [2.45, 2.75) is 13.8 Å². The van der Waals surface area contributed by atoms with Crippen molar-refractivity contribution in [3.8, 4) is 11.6 Å².